The summed E-state index contributed by atoms with van der Waals surface area (Å²) in [6.45, 7) is 0. The van der Waals surface area contributed by atoms with Crippen LogP contribution in [0.5, 0.6) is 0 Å². The Morgan fingerprint density at radius 2 is 1.78 bits per heavy atom. The van der Waals surface area contributed by atoms with Gasteiger partial charge in [0, 0.05) is 41.0 Å². The molecule has 4 aliphatic heterocycles. The lowest BCUT2D eigenvalue weighted by atomic mass is 9.81. The molecule has 0 amide bonds. The highest BCUT2D eigenvalue weighted by atomic mass is 16.3. The van der Waals surface area contributed by atoms with Crippen molar-refractivity contribution in [3.8, 4) is 0 Å². The fourth-order valence-electron chi connectivity index (χ4n) is 6.76. The minimum atomic E-state index is -0.244. The van der Waals surface area contributed by atoms with Crippen LogP contribution >= 0.6 is 0 Å². The molecule has 11 nitrogen and oxygen atoms in total. The molecule has 0 radical (unpaired) electrons. The third-order valence-electron chi connectivity index (χ3n) is 8.68. The first-order chi connectivity index (χ1) is 22.3. The summed E-state index contributed by atoms with van der Waals surface area (Å²) in [5.74, 6) is 1.69. The van der Waals surface area contributed by atoms with Crippen LogP contribution in [0.4, 0.5) is 28.4 Å². The Morgan fingerprint density at radius 1 is 0.867 bits per heavy atom. The average Bonchev–Trinajstić information content (AvgIpc) is 3.91. The molecule has 45 heavy (non-hydrogen) atoms. The van der Waals surface area contributed by atoms with Gasteiger partial charge in [0.1, 0.15) is 42.4 Å². The van der Waals surface area contributed by atoms with Crippen LogP contribution in [0.2, 0.25) is 0 Å². The zero-order valence-electron chi connectivity index (χ0n) is 23.5. The van der Waals surface area contributed by atoms with Gasteiger partial charge >= 0.3 is 0 Å². The molecular formula is C34H22N10O. The number of H-pyrrole nitrogens is 1. The highest BCUT2D eigenvalue weighted by molar-refractivity contribution is 6.26. The molecule has 3 N–H and O–H groups in total. The summed E-state index contributed by atoms with van der Waals surface area (Å²) in [4.78, 5) is 32.2. The van der Waals surface area contributed by atoms with E-state index in [1.165, 1.54) is 0 Å². The Morgan fingerprint density at radius 3 is 2.69 bits per heavy atom. The Balaban J connectivity index is 1.14. The zero-order chi connectivity index (χ0) is 29.5. The summed E-state index contributed by atoms with van der Waals surface area (Å²) < 4.78 is 7.35. The number of hydrogen-bond acceptors (Lipinski definition) is 9. The molecule has 1 aliphatic carbocycles. The lowest BCUT2D eigenvalue weighted by molar-refractivity contribution is 0.568. The Hall–Kier alpha value is -6.36. The van der Waals surface area contributed by atoms with Crippen LogP contribution in [0.25, 0.3) is 11.0 Å². The molecule has 0 fully saturated rings. The predicted octanol–water partition coefficient (Wildman–Crippen LogP) is 6.79. The van der Waals surface area contributed by atoms with Crippen LogP contribution in [-0.4, -0.2) is 44.6 Å². The lowest BCUT2D eigenvalue weighted by Gasteiger charge is -2.32. The van der Waals surface area contributed by atoms with Gasteiger partial charge in [-0.3, -0.25) is 9.56 Å². The highest BCUT2D eigenvalue weighted by Crippen LogP contribution is 2.50. The van der Waals surface area contributed by atoms with E-state index in [-0.39, 0.29) is 11.8 Å². The molecule has 0 spiro atoms. The van der Waals surface area contributed by atoms with Gasteiger partial charge < -0.3 is 20.0 Å². The topological polar surface area (TPSA) is 133 Å². The molecular weight excluding hydrogens is 564 g/mol. The van der Waals surface area contributed by atoms with Crippen molar-refractivity contribution >= 4 is 69.5 Å². The van der Waals surface area contributed by atoms with Gasteiger partial charge in [0.05, 0.1) is 51.7 Å². The SMILES string of the molecule is C1=CC2=C(C3C=Nc4cccc(Nc5ccoc5)c43)N=C3N=CN=C4N=C(n5cnc6cccc(Nc7cc[nH]c7)c65)C1=C2C43. The maximum Gasteiger partial charge on any atom is 0.148 e. The minimum Gasteiger partial charge on any atom is -0.470 e. The molecule has 3 aromatic heterocycles. The number of nitrogens with zero attached hydrogens (tertiary/aromatic N) is 7. The molecule has 11 heteroatoms. The quantitative estimate of drug-likeness (QED) is 0.209. The Bertz CT molecular complexity index is 2320. The predicted molar refractivity (Wildman–Crippen MR) is 176 cm³/mol. The van der Waals surface area contributed by atoms with E-state index in [1.807, 2.05) is 67.4 Å². The van der Waals surface area contributed by atoms with Crippen LogP contribution in [0.3, 0.4) is 0 Å². The third kappa shape index (κ3) is 3.51. The molecule has 0 saturated heterocycles. The van der Waals surface area contributed by atoms with E-state index in [0.717, 1.165) is 73.3 Å². The first-order valence-electron chi connectivity index (χ1n) is 14.6. The number of para-hydroxylation sites is 1. The monoisotopic (exact) mass is 586 g/mol. The van der Waals surface area contributed by atoms with Crippen molar-refractivity contribution in [2.24, 2.45) is 30.9 Å². The standard InChI is InChI=1S/C34H22N10O/c1-3-23-28(24(4-1)41-19-10-12-45-15-19)22(14-36-23)30-20-7-8-21-27(20)29-32(42-30)37-16-38-33(29)43-34(21)44-17-39-25-5-2-6-26(31(25)44)40-18-9-11-35-13-18/h1-17,22,29,35,40-41H. The van der Waals surface area contributed by atoms with Crippen LogP contribution in [0.1, 0.15) is 11.5 Å². The summed E-state index contributed by atoms with van der Waals surface area (Å²) >= 11 is 0. The number of furan rings is 1. The molecule has 214 valence electrons. The smallest absolute Gasteiger partial charge is 0.148 e. The van der Waals surface area contributed by atoms with Gasteiger partial charge in [0.15, 0.2) is 0 Å². The second kappa shape index (κ2) is 9.07. The average molecular weight is 587 g/mol. The van der Waals surface area contributed by atoms with Gasteiger partial charge in [-0.15, -0.1) is 0 Å². The second-order valence-electron chi connectivity index (χ2n) is 11.2. The number of aromatic nitrogens is 3. The Labute approximate surface area is 255 Å². The van der Waals surface area contributed by atoms with Gasteiger partial charge in [0.2, 0.25) is 0 Å². The van der Waals surface area contributed by atoms with Crippen molar-refractivity contribution in [3.05, 3.63) is 120 Å². The first kappa shape index (κ1) is 24.1. The van der Waals surface area contributed by atoms with Crippen molar-refractivity contribution in [1.82, 2.24) is 14.5 Å². The number of imidazole rings is 1. The number of nitrogens with one attached hydrogen (secondary N) is 3. The van der Waals surface area contributed by atoms with Gasteiger partial charge in [-0.25, -0.2) is 25.0 Å². The Kier molecular flexibility index (Phi) is 4.86. The minimum absolute atomic E-state index is 0.179. The summed E-state index contributed by atoms with van der Waals surface area (Å²) in [6, 6.07) is 16.0. The van der Waals surface area contributed by atoms with E-state index >= 15 is 0 Å². The number of allylic oxidation sites excluding steroid dienone is 5. The maximum absolute atomic E-state index is 5.30. The summed E-state index contributed by atoms with van der Waals surface area (Å²) in [5.41, 5.74) is 11.5. The van der Waals surface area contributed by atoms with Gasteiger partial charge in [-0.2, -0.15) is 0 Å². The zero-order valence-corrected chi connectivity index (χ0v) is 23.5. The number of anilines is 4. The van der Waals surface area contributed by atoms with E-state index < -0.39 is 0 Å². The number of benzene rings is 2. The van der Waals surface area contributed by atoms with Gasteiger partial charge in [-0.1, -0.05) is 24.3 Å². The largest absolute Gasteiger partial charge is 0.470 e. The van der Waals surface area contributed by atoms with Gasteiger partial charge in [0.25, 0.3) is 0 Å². The van der Waals surface area contributed by atoms with Crippen molar-refractivity contribution < 1.29 is 4.42 Å². The molecule has 2 unspecified atom stereocenters. The van der Waals surface area contributed by atoms with Crippen LogP contribution in [0, 0.1) is 5.92 Å². The van der Waals surface area contributed by atoms with Crippen molar-refractivity contribution in [2.45, 2.75) is 5.92 Å². The molecule has 10 rings (SSSR count). The number of aliphatic imine (C=N–C) groups is 5. The number of rotatable bonds is 5. The summed E-state index contributed by atoms with van der Waals surface area (Å²) in [7, 11) is 0. The third-order valence-corrected chi connectivity index (χ3v) is 8.68. The highest BCUT2D eigenvalue weighted by Gasteiger charge is 2.44. The van der Waals surface area contributed by atoms with Crippen LogP contribution < -0.4 is 10.6 Å². The number of hydrogen-bond donors (Lipinski definition) is 3. The molecule has 0 bridgehead atoms. The first-order valence-corrected chi connectivity index (χ1v) is 14.6. The normalized spacial score (nSPS) is 20.4. The molecule has 7 heterocycles. The molecule has 2 atom stereocenters. The molecule has 5 aliphatic rings. The van der Waals surface area contributed by atoms with Crippen LogP contribution in [-0.2, 0) is 0 Å². The lowest BCUT2D eigenvalue weighted by Crippen LogP contribution is -2.36. The fourth-order valence-corrected chi connectivity index (χ4v) is 6.76. The van der Waals surface area contributed by atoms with Crippen molar-refractivity contribution in [1.29, 1.82) is 0 Å². The molecule has 5 aromatic rings. The van der Waals surface area contributed by atoms with E-state index in [1.54, 1.807) is 18.9 Å². The van der Waals surface area contributed by atoms with Gasteiger partial charge in [-0.05, 0) is 42.0 Å². The number of aromatic amines is 1. The van der Waals surface area contributed by atoms with Crippen molar-refractivity contribution in [2.75, 3.05) is 10.6 Å². The fraction of sp³-hybridized carbons (Fsp3) is 0.0588. The van der Waals surface area contributed by atoms with Crippen molar-refractivity contribution in [3.63, 3.8) is 0 Å². The molecule has 2 aromatic carbocycles. The number of dihydropyridines is 1. The van der Waals surface area contributed by atoms with Crippen LogP contribution in [0.15, 0.2) is 144 Å². The second-order valence-corrected chi connectivity index (χ2v) is 11.2. The summed E-state index contributed by atoms with van der Waals surface area (Å²) in [5, 5.41) is 7.02. The van der Waals surface area contributed by atoms with E-state index in [2.05, 4.69) is 48.4 Å². The summed E-state index contributed by atoms with van der Waals surface area (Å²) in [6.07, 6.45) is 16.8. The maximum atomic E-state index is 5.30. The number of amidine groups is 2. The van der Waals surface area contributed by atoms with E-state index in [4.69, 9.17) is 24.4 Å². The van der Waals surface area contributed by atoms with E-state index in [0.29, 0.717) is 11.7 Å². The number of fused-ring (bicyclic) bond motifs is 2. The van der Waals surface area contributed by atoms with E-state index in [9.17, 15) is 0 Å². The molecule has 0 saturated carbocycles.